The molecule has 0 spiro atoms. The molecule has 25 heavy (non-hydrogen) atoms. The van der Waals surface area contributed by atoms with Crippen LogP contribution in [-0.2, 0) is 11.3 Å². The van der Waals surface area contributed by atoms with Crippen molar-refractivity contribution in [2.45, 2.75) is 6.54 Å². The summed E-state index contributed by atoms with van der Waals surface area (Å²) in [6, 6.07) is 10.00. The van der Waals surface area contributed by atoms with Gasteiger partial charge in [0.25, 0.3) is 5.91 Å². The van der Waals surface area contributed by atoms with E-state index in [2.05, 4.69) is 10.2 Å². The van der Waals surface area contributed by atoms with E-state index in [0.717, 1.165) is 31.8 Å². The topological polar surface area (TPSA) is 54.7 Å². The van der Waals surface area contributed by atoms with Gasteiger partial charge in [0, 0.05) is 37.5 Å². The van der Waals surface area contributed by atoms with Crippen LogP contribution in [0.2, 0.25) is 0 Å². The van der Waals surface area contributed by atoms with Gasteiger partial charge < -0.3 is 14.5 Å². The van der Waals surface area contributed by atoms with E-state index < -0.39 is 0 Å². The summed E-state index contributed by atoms with van der Waals surface area (Å²) in [6.07, 6.45) is 1.49. The number of carbonyl (C=O) groups is 1. The number of hydrogen-bond donors (Lipinski definition) is 1. The quantitative estimate of drug-likeness (QED) is 0.904. The van der Waals surface area contributed by atoms with Crippen molar-refractivity contribution in [2.75, 3.05) is 32.8 Å². The second-order valence-corrected chi connectivity index (χ2v) is 7.03. The minimum absolute atomic E-state index is 0.0672. The molecule has 1 N–H and O–H groups in total. The van der Waals surface area contributed by atoms with Gasteiger partial charge in [-0.15, -0.1) is 0 Å². The maximum atomic E-state index is 13.1. The number of likely N-dealkylation sites (tertiary alicyclic amines) is 1. The molecule has 0 unspecified atom stereocenters. The zero-order valence-electron chi connectivity index (χ0n) is 13.9. The van der Waals surface area contributed by atoms with Crippen molar-refractivity contribution in [1.29, 1.82) is 0 Å². The van der Waals surface area contributed by atoms with Gasteiger partial charge in [0.2, 0.25) is 0 Å². The van der Waals surface area contributed by atoms with Gasteiger partial charge in [-0.2, -0.15) is 0 Å². The lowest BCUT2D eigenvalue weighted by Crippen LogP contribution is -2.43. The minimum Gasteiger partial charge on any atom is -0.459 e. The monoisotopic (exact) mass is 344 g/mol. The third kappa shape index (κ3) is 3.32. The van der Waals surface area contributed by atoms with Gasteiger partial charge >= 0.3 is 0 Å². The standard InChI is InChI=1S/C19H21FN2O3/c20-16-5-3-14(4-6-16)8-22-9-15-10-24-13-19(15,12-22)11-21-18(23)17-2-1-7-25-17/h1-7,15H,8-13H2,(H,21,23)/t15-,19+/m1/s1. The Balaban J connectivity index is 1.40. The Hall–Kier alpha value is -2.18. The number of furan rings is 1. The molecular formula is C19H21FN2O3. The van der Waals surface area contributed by atoms with Gasteiger partial charge in [0.05, 0.1) is 19.5 Å². The molecule has 2 aliphatic heterocycles. The predicted octanol–water partition coefficient (Wildman–Crippen LogP) is 2.30. The van der Waals surface area contributed by atoms with E-state index in [-0.39, 0.29) is 17.1 Å². The van der Waals surface area contributed by atoms with Crippen LogP contribution in [0.3, 0.4) is 0 Å². The zero-order valence-corrected chi connectivity index (χ0v) is 13.9. The van der Waals surface area contributed by atoms with Crippen LogP contribution < -0.4 is 5.32 Å². The van der Waals surface area contributed by atoms with Crippen LogP contribution in [0, 0.1) is 17.2 Å². The number of ether oxygens (including phenoxy) is 1. The maximum Gasteiger partial charge on any atom is 0.286 e. The highest BCUT2D eigenvalue weighted by Crippen LogP contribution is 2.41. The van der Waals surface area contributed by atoms with Gasteiger partial charge in [-0.1, -0.05) is 12.1 Å². The first-order chi connectivity index (χ1) is 12.1. The molecule has 0 radical (unpaired) electrons. The Kier molecular flexibility index (Phi) is 4.31. The molecule has 2 aliphatic rings. The number of carbonyl (C=O) groups excluding carboxylic acids is 1. The van der Waals surface area contributed by atoms with E-state index in [9.17, 15) is 9.18 Å². The Morgan fingerprint density at radius 2 is 2.16 bits per heavy atom. The smallest absolute Gasteiger partial charge is 0.286 e. The first-order valence-electron chi connectivity index (χ1n) is 8.51. The summed E-state index contributed by atoms with van der Waals surface area (Å²) < 4.78 is 23.9. The number of amides is 1. The molecule has 5 nitrogen and oxygen atoms in total. The van der Waals surface area contributed by atoms with Gasteiger partial charge in [-0.25, -0.2) is 4.39 Å². The molecule has 1 aromatic heterocycles. The number of benzene rings is 1. The van der Waals surface area contributed by atoms with Crippen LogP contribution in [0.15, 0.2) is 47.1 Å². The summed E-state index contributed by atoms with van der Waals surface area (Å²) in [5, 5.41) is 2.99. The largest absolute Gasteiger partial charge is 0.459 e. The second-order valence-electron chi connectivity index (χ2n) is 7.03. The highest BCUT2D eigenvalue weighted by Gasteiger charge is 2.50. The lowest BCUT2D eigenvalue weighted by molar-refractivity contribution is 0.0878. The van der Waals surface area contributed by atoms with Crippen molar-refractivity contribution in [2.24, 2.45) is 11.3 Å². The molecule has 0 aliphatic carbocycles. The first-order valence-corrected chi connectivity index (χ1v) is 8.51. The van der Waals surface area contributed by atoms with Gasteiger partial charge in [0.1, 0.15) is 5.82 Å². The number of nitrogens with zero attached hydrogens (tertiary/aromatic N) is 1. The number of nitrogens with one attached hydrogen (secondary N) is 1. The predicted molar refractivity (Wildman–Crippen MR) is 89.5 cm³/mol. The van der Waals surface area contributed by atoms with Crippen LogP contribution in [0.5, 0.6) is 0 Å². The van der Waals surface area contributed by atoms with E-state index in [1.54, 1.807) is 12.1 Å². The molecule has 0 saturated carbocycles. The molecule has 132 valence electrons. The molecule has 1 amide bonds. The van der Waals surface area contributed by atoms with Gasteiger partial charge in [-0.3, -0.25) is 9.69 Å². The number of fused-ring (bicyclic) bond motifs is 1. The fourth-order valence-electron chi connectivity index (χ4n) is 3.91. The molecule has 6 heteroatoms. The molecule has 0 bridgehead atoms. The van der Waals surface area contributed by atoms with Crippen LogP contribution in [0.4, 0.5) is 4.39 Å². The van der Waals surface area contributed by atoms with Crippen molar-refractivity contribution in [1.82, 2.24) is 10.2 Å². The average molecular weight is 344 g/mol. The number of hydrogen-bond acceptors (Lipinski definition) is 4. The van der Waals surface area contributed by atoms with E-state index in [1.807, 2.05) is 12.1 Å². The molecule has 2 fully saturated rings. The molecule has 3 heterocycles. The normalized spacial score (nSPS) is 25.9. The lowest BCUT2D eigenvalue weighted by Gasteiger charge is -2.27. The van der Waals surface area contributed by atoms with E-state index in [1.165, 1.54) is 18.4 Å². The molecular weight excluding hydrogens is 323 g/mol. The lowest BCUT2D eigenvalue weighted by atomic mass is 9.81. The van der Waals surface area contributed by atoms with Crippen molar-refractivity contribution >= 4 is 5.91 Å². The van der Waals surface area contributed by atoms with Crippen molar-refractivity contribution in [3.63, 3.8) is 0 Å². The molecule has 2 saturated heterocycles. The van der Waals surface area contributed by atoms with Crippen LogP contribution in [0.1, 0.15) is 16.1 Å². The average Bonchev–Trinajstić information content (AvgIpc) is 3.30. The van der Waals surface area contributed by atoms with Crippen molar-refractivity contribution < 1.29 is 18.3 Å². The van der Waals surface area contributed by atoms with Gasteiger partial charge in [-0.05, 0) is 29.8 Å². The summed E-state index contributed by atoms with van der Waals surface area (Å²) in [6.45, 7) is 4.50. The third-order valence-corrected chi connectivity index (χ3v) is 5.26. The SMILES string of the molecule is O=C(NC[C@]12COC[C@H]1CN(Cc1ccc(F)cc1)C2)c1ccco1. The summed E-state index contributed by atoms with van der Waals surface area (Å²) in [4.78, 5) is 14.5. The Bertz CT molecular complexity index is 732. The van der Waals surface area contributed by atoms with E-state index >= 15 is 0 Å². The number of rotatable bonds is 5. The summed E-state index contributed by atoms with van der Waals surface area (Å²) in [5.74, 6) is 0.312. The van der Waals surface area contributed by atoms with Crippen LogP contribution >= 0.6 is 0 Å². The maximum absolute atomic E-state index is 13.1. The zero-order chi connectivity index (χ0) is 17.3. The summed E-state index contributed by atoms with van der Waals surface area (Å²) >= 11 is 0. The molecule has 2 aromatic rings. The van der Waals surface area contributed by atoms with Crippen LogP contribution in [0.25, 0.3) is 0 Å². The fourth-order valence-corrected chi connectivity index (χ4v) is 3.91. The molecule has 1 aromatic carbocycles. The molecule has 4 rings (SSSR count). The Labute approximate surface area is 145 Å². The van der Waals surface area contributed by atoms with Crippen LogP contribution in [-0.4, -0.2) is 43.7 Å². The van der Waals surface area contributed by atoms with E-state index in [4.69, 9.17) is 9.15 Å². The fraction of sp³-hybridized carbons (Fsp3) is 0.421. The van der Waals surface area contributed by atoms with Crippen molar-refractivity contribution in [3.05, 3.63) is 59.8 Å². The Morgan fingerprint density at radius 3 is 2.92 bits per heavy atom. The minimum atomic E-state index is -0.215. The summed E-state index contributed by atoms with van der Waals surface area (Å²) in [5.41, 5.74) is 1.03. The molecule has 2 atom stereocenters. The van der Waals surface area contributed by atoms with Crippen molar-refractivity contribution in [3.8, 4) is 0 Å². The highest BCUT2D eigenvalue weighted by atomic mass is 19.1. The number of halogens is 1. The van der Waals surface area contributed by atoms with E-state index in [0.29, 0.717) is 24.8 Å². The second kappa shape index (κ2) is 6.61. The Morgan fingerprint density at radius 1 is 1.32 bits per heavy atom. The van der Waals surface area contributed by atoms with Gasteiger partial charge in [0.15, 0.2) is 5.76 Å². The summed E-state index contributed by atoms with van der Waals surface area (Å²) in [7, 11) is 0. The third-order valence-electron chi connectivity index (χ3n) is 5.26. The first kappa shape index (κ1) is 16.3. The highest BCUT2D eigenvalue weighted by molar-refractivity contribution is 5.91.